The molecule has 0 bridgehead atoms. The number of amides is 2. The van der Waals surface area contributed by atoms with E-state index in [1.54, 1.807) is 60.7 Å². The van der Waals surface area contributed by atoms with E-state index >= 15 is 0 Å². The molecule has 0 atom stereocenters. The maximum atomic E-state index is 13.9. The summed E-state index contributed by atoms with van der Waals surface area (Å²) in [6, 6.07) is 18.9. The van der Waals surface area contributed by atoms with Crippen molar-refractivity contribution in [2.45, 2.75) is 25.3 Å². The summed E-state index contributed by atoms with van der Waals surface area (Å²) >= 11 is 6.09. The van der Waals surface area contributed by atoms with E-state index in [4.69, 9.17) is 11.6 Å². The van der Waals surface area contributed by atoms with Gasteiger partial charge in [0.2, 0.25) is 0 Å². The number of halogens is 2. The number of hydrogen-bond donors (Lipinski definition) is 3. The predicted molar refractivity (Wildman–Crippen MR) is 135 cm³/mol. The Hall–Kier alpha value is -4.17. The monoisotopic (exact) mass is 504 g/mol. The van der Waals surface area contributed by atoms with Gasteiger partial charge in [0, 0.05) is 35.3 Å². The summed E-state index contributed by atoms with van der Waals surface area (Å²) in [5.74, 6) is -0.708. The third-order valence-electron chi connectivity index (χ3n) is 5.96. The third kappa shape index (κ3) is 4.94. The van der Waals surface area contributed by atoms with Crippen LogP contribution in [0.15, 0.2) is 72.8 Å². The molecule has 3 aromatic carbocycles. The van der Waals surface area contributed by atoms with Gasteiger partial charge < -0.3 is 15.7 Å². The van der Waals surface area contributed by atoms with Crippen LogP contribution in [0.5, 0.6) is 5.75 Å². The molecule has 182 valence electrons. The lowest BCUT2D eigenvalue weighted by atomic mass is 10.1. The van der Waals surface area contributed by atoms with Gasteiger partial charge in [-0.05, 0) is 49.2 Å². The van der Waals surface area contributed by atoms with E-state index in [1.807, 2.05) is 0 Å². The van der Waals surface area contributed by atoms with E-state index in [9.17, 15) is 19.1 Å². The van der Waals surface area contributed by atoms with Crippen LogP contribution < -0.4 is 10.6 Å². The Morgan fingerprint density at radius 3 is 2.53 bits per heavy atom. The molecule has 1 fully saturated rings. The number of nitrogens with one attached hydrogen (secondary N) is 2. The van der Waals surface area contributed by atoms with Crippen molar-refractivity contribution in [2.24, 2.45) is 0 Å². The van der Waals surface area contributed by atoms with Gasteiger partial charge in [-0.1, -0.05) is 41.9 Å². The summed E-state index contributed by atoms with van der Waals surface area (Å²) in [5, 5.41) is 20.9. The summed E-state index contributed by atoms with van der Waals surface area (Å²) in [6.45, 7) is 0.0237. The molecule has 0 spiro atoms. The van der Waals surface area contributed by atoms with Gasteiger partial charge in [0.05, 0.1) is 22.0 Å². The molecule has 2 amide bonds. The Labute approximate surface area is 211 Å². The van der Waals surface area contributed by atoms with Crippen LogP contribution in [-0.4, -0.2) is 26.8 Å². The van der Waals surface area contributed by atoms with Crippen LogP contribution in [-0.2, 0) is 6.54 Å². The Bertz CT molecular complexity index is 1470. The molecule has 1 saturated carbocycles. The molecule has 9 heteroatoms. The van der Waals surface area contributed by atoms with E-state index in [0.717, 1.165) is 18.5 Å². The number of rotatable bonds is 6. The molecule has 4 aromatic rings. The number of phenolic OH excluding ortho intramolecular Hbond substituents is 1. The molecule has 1 aromatic heterocycles. The first-order chi connectivity index (χ1) is 17.4. The Morgan fingerprint density at radius 2 is 1.81 bits per heavy atom. The molecule has 0 unspecified atom stereocenters. The van der Waals surface area contributed by atoms with Crippen molar-refractivity contribution < 1.29 is 19.1 Å². The smallest absolute Gasteiger partial charge is 0.342 e. The van der Waals surface area contributed by atoms with Gasteiger partial charge in [0.15, 0.2) is 0 Å². The lowest BCUT2D eigenvalue weighted by Crippen LogP contribution is -2.30. The van der Waals surface area contributed by atoms with Crippen LogP contribution in [0.1, 0.15) is 40.4 Å². The highest BCUT2D eigenvalue weighted by Crippen LogP contribution is 2.42. The minimum absolute atomic E-state index is 0.0237. The van der Waals surface area contributed by atoms with Gasteiger partial charge in [0.25, 0.3) is 5.91 Å². The zero-order valence-corrected chi connectivity index (χ0v) is 19.8. The fraction of sp³-hybridized carbons (Fsp3) is 0.148. The fourth-order valence-corrected chi connectivity index (χ4v) is 4.14. The van der Waals surface area contributed by atoms with Crippen molar-refractivity contribution in [3.8, 4) is 17.0 Å². The van der Waals surface area contributed by atoms with Gasteiger partial charge in [-0.3, -0.25) is 4.79 Å². The van der Waals surface area contributed by atoms with Gasteiger partial charge in [-0.2, -0.15) is 9.78 Å². The second-order valence-electron chi connectivity index (χ2n) is 8.56. The molecule has 0 radical (unpaired) electrons. The number of aromatic nitrogens is 2. The fourth-order valence-electron chi connectivity index (χ4n) is 3.92. The average Bonchev–Trinajstić information content (AvgIpc) is 3.62. The molecule has 5 rings (SSSR count). The van der Waals surface area contributed by atoms with Crippen molar-refractivity contribution in [3.63, 3.8) is 0 Å². The minimum Gasteiger partial charge on any atom is -0.507 e. The second kappa shape index (κ2) is 9.83. The number of hydrogen-bond acceptors (Lipinski definition) is 4. The number of anilines is 1. The Balaban J connectivity index is 1.35. The van der Waals surface area contributed by atoms with E-state index in [1.165, 1.54) is 16.8 Å². The van der Waals surface area contributed by atoms with E-state index in [2.05, 4.69) is 15.7 Å². The summed E-state index contributed by atoms with van der Waals surface area (Å²) in [6.07, 6.45) is 1.87. The third-order valence-corrected chi connectivity index (χ3v) is 6.29. The van der Waals surface area contributed by atoms with E-state index in [-0.39, 0.29) is 18.2 Å². The van der Waals surface area contributed by atoms with Crippen molar-refractivity contribution in [3.05, 3.63) is 100 Å². The van der Waals surface area contributed by atoms with E-state index < -0.39 is 17.8 Å². The molecule has 1 aliphatic carbocycles. The van der Waals surface area contributed by atoms with Crippen LogP contribution in [0.25, 0.3) is 11.3 Å². The number of benzene rings is 3. The van der Waals surface area contributed by atoms with Crippen LogP contribution in [0.2, 0.25) is 5.02 Å². The zero-order chi connectivity index (χ0) is 25.2. The van der Waals surface area contributed by atoms with Crippen molar-refractivity contribution >= 4 is 29.2 Å². The first-order valence-electron chi connectivity index (χ1n) is 11.4. The Morgan fingerprint density at radius 1 is 1.06 bits per heavy atom. The molecule has 3 N–H and O–H groups in total. The van der Waals surface area contributed by atoms with Gasteiger partial charge in [-0.25, -0.2) is 9.18 Å². The standard InChI is InChI=1S/C27H22ClFN4O3/c28-21-7-3-2-6-19(21)26(35)31-18-11-12-20(25(34)13-18)23-14-24(16-9-10-16)33(32-23)27(36)30-15-17-5-1-4-8-22(17)29/h1-8,11-14,16,34H,9-10,15H2,(H,30,36)(H,31,35). The number of aromatic hydroxyl groups is 1. The van der Waals surface area contributed by atoms with Crippen LogP contribution in [0, 0.1) is 5.82 Å². The van der Waals surface area contributed by atoms with Gasteiger partial charge in [-0.15, -0.1) is 0 Å². The van der Waals surface area contributed by atoms with Gasteiger partial charge in [0.1, 0.15) is 11.6 Å². The molecule has 7 nitrogen and oxygen atoms in total. The van der Waals surface area contributed by atoms with E-state index in [0.29, 0.717) is 33.1 Å². The summed E-state index contributed by atoms with van der Waals surface area (Å²) in [5.41, 5.74) is 2.63. The maximum Gasteiger partial charge on any atom is 0.342 e. The molecule has 1 aliphatic rings. The molecule has 0 saturated heterocycles. The van der Waals surface area contributed by atoms with Crippen molar-refractivity contribution in [1.29, 1.82) is 0 Å². The normalized spacial score (nSPS) is 12.8. The quantitative estimate of drug-likeness (QED) is 0.303. The van der Waals surface area contributed by atoms with Crippen molar-refractivity contribution in [2.75, 3.05) is 5.32 Å². The average molecular weight is 505 g/mol. The predicted octanol–water partition coefficient (Wildman–Crippen LogP) is 5.94. The SMILES string of the molecule is O=C(Nc1ccc(-c2cc(C3CC3)n(C(=O)NCc3ccccc3F)n2)c(O)c1)c1ccccc1Cl. The number of carbonyl (C=O) groups is 2. The second-order valence-corrected chi connectivity index (χ2v) is 8.96. The van der Waals surface area contributed by atoms with Crippen LogP contribution in [0.4, 0.5) is 14.9 Å². The highest BCUT2D eigenvalue weighted by molar-refractivity contribution is 6.34. The van der Waals surface area contributed by atoms with Crippen molar-refractivity contribution in [1.82, 2.24) is 15.1 Å². The first kappa shape index (κ1) is 23.6. The topological polar surface area (TPSA) is 96.3 Å². The Kier molecular flexibility index (Phi) is 6.43. The lowest BCUT2D eigenvalue weighted by Gasteiger charge is -2.09. The number of carbonyl (C=O) groups excluding carboxylic acids is 2. The number of nitrogens with zero attached hydrogens (tertiary/aromatic N) is 2. The highest BCUT2D eigenvalue weighted by Gasteiger charge is 2.31. The summed E-state index contributed by atoms with van der Waals surface area (Å²) in [7, 11) is 0. The molecule has 0 aliphatic heterocycles. The maximum absolute atomic E-state index is 13.9. The molecule has 1 heterocycles. The zero-order valence-electron chi connectivity index (χ0n) is 19.0. The lowest BCUT2D eigenvalue weighted by molar-refractivity contribution is 0.102. The van der Waals surface area contributed by atoms with Crippen LogP contribution in [0.3, 0.4) is 0 Å². The van der Waals surface area contributed by atoms with Gasteiger partial charge >= 0.3 is 6.03 Å². The molecule has 36 heavy (non-hydrogen) atoms. The minimum atomic E-state index is -0.477. The number of phenols is 1. The first-order valence-corrected chi connectivity index (χ1v) is 11.8. The van der Waals surface area contributed by atoms with Crippen LogP contribution >= 0.6 is 11.6 Å². The summed E-state index contributed by atoms with van der Waals surface area (Å²) in [4.78, 5) is 25.4. The summed E-state index contributed by atoms with van der Waals surface area (Å²) < 4.78 is 15.2. The molecular formula is C27H22ClFN4O3. The molecular weight excluding hydrogens is 483 g/mol. The largest absolute Gasteiger partial charge is 0.507 e. The highest BCUT2D eigenvalue weighted by atomic mass is 35.5.